The van der Waals surface area contributed by atoms with Gasteiger partial charge in [-0.2, -0.15) is 4.98 Å². The Kier molecular flexibility index (Phi) is 5.55. The van der Waals surface area contributed by atoms with Gasteiger partial charge in [0.2, 0.25) is 0 Å². The molecule has 9 heteroatoms. The Balaban J connectivity index is 1.58. The van der Waals surface area contributed by atoms with E-state index in [1.54, 1.807) is 6.07 Å². The zero-order valence-electron chi connectivity index (χ0n) is 15.3. The van der Waals surface area contributed by atoms with E-state index in [0.29, 0.717) is 23.7 Å². The smallest absolute Gasteiger partial charge is 0.407 e. The van der Waals surface area contributed by atoms with Crippen LogP contribution in [0.1, 0.15) is 11.7 Å². The largest absolute Gasteiger partial charge is 0.465 e. The summed E-state index contributed by atoms with van der Waals surface area (Å²) in [4.78, 5) is 17.2. The first-order chi connectivity index (χ1) is 14.0. The minimum Gasteiger partial charge on any atom is -0.465 e. The number of fused-ring (bicyclic) bond motifs is 1. The number of aromatic nitrogens is 1. The van der Waals surface area contributed by atoms with Crippen molar-refractivity contribution < 1.29 is 23.4 Å². The lowest BCUT2D eigenvalue weighted by atomic mass is 9.95. The van der Waals surface area contributed by atoms with Crippen molar-refractivity contribution in [2.45, 2.75) is 6.10 Å². The van der Waals surface area contributed by atoms with Gasteiger partial charge in [-0.3, -0.25) is 0 Å². The van der Waals surface area contributed by atoms with Crippen LogP contribution in [0.4, 0.5) is 15.2 Å². The van der Waals surface area contributed by atoms with E-state index in [2.05, 4.69) is 10.3 Å². The van der Waals surface area contributed by atoms with Gasteiger partial charge in [-0.05, 0) is 29.8 Å². The number of rotatable bonds is 4. The molecule has 7 nitrogen and oxygen atoms in total. The van der Waals surface area contributed by atoms with Crippen molar-refractivity contribution in [1.29, 1.82) is 0 Å². The Morgan fingerprint density at radius 1 is 1.34 bits per heavy atom. The van der Waals surface area contributed by atoms with Gasteiger partial charge in [0.05, 0.1) is 17.7 Å². The summed E-state index contributed by atoms with van der Waals surface area (Å²) in [6.45, 7) is 0.991. The SMILES string of the molecule is O=C(O)N1CCO[C@@H](c2ccc(Cl)c(F)c2)[C@H](CNc2nc3ccccc3o2)C1. The van der Waals surface area contributed by atoms with Crippen molar-refractivity contribution >= 4 is 34.8 Å². The molecule has 2 atom stereocenters. The van der Waals surface area contributed by atoms with E-state index in [9.17, 15) is 14.3 Å². The van der Waals surface area contributed by atoms with Crippen molar-refractivity contribution in [3.05, 3.63) is 58.9 Å². The molecule has 1 amide bonds. The maximum atomic E-state index is 14.0. The number of ether oxygens (including phenoxy) is 1. The Hall–Kier alpha value is -2.84. The van der Waals surface area contributed by atoms with Crippen LogP contribution in [-0.2, 0) is 4.74 Å². The average Bonchev–Trinajstić information content (AvgIpc) is 3.00. The summed E-state index contributed by atoms with van der Waals surface area (Å²) in [6.07, 6.45) is -1.54. The molecular formula is C20H19ClFN3O4. The third-order valence-electron chi connectivity index (χ3n) is 4.89. The lowest BCUT2D eigenvalue weighted by Gasteiger charge is -2.27. The van der Waals surface area contributed by atoms with Crippen LogP contribution >= 0.6 is 11.6 Å². The number of amides is 1. The quantitative estimate of drug-likeness (QED) is 0.651. The number of hydrogen-bond acceptors (Lipinski definition) is 5. The normalized spacial score (nSPS) is 19.9. The fourth-order valence-electron chi connectivity index (χ4n) is 3.47. The number of oxazole rings is 1. The van der Waals surface area contributed by atoms with E-state index in [1.807, 2.05) is 24.3 Å². The third kappa shape index (κ3) is 4.28. The number of benzene rings is 2. The van der Waals surface area contributed by atoms with Crippen molar-refractivity contribution in [2.75, 3.05) is 31.6 Å². The molecule has 2 N–H and O–H groups in total. The Labute approximate surface area is 171 Å². The van der Waals surface area contributed by atoms with Gasteiger partial charge >= 0.3 is 6.09 Å². The highest BCUT2D eigenvalue weighted by Gasteiger charge is 2.32. The number of nitrogens with one attached hydrogen (secondary N) is 1. The van der Waals surface area contributed by atoms with Crippen LogP contribution in [0.25, 0.3) is 11.1 Å². The van der Waals surface area contributed by atoms with E-state index in [1.165, 1.54) is 17.0 Å². The lowest BCUT2D eigenvalue weighted by Crippen LogP contribution is -2.37. The topological polar surface area (TPSA) is 87.8 Å². The maximum absolute atomic E-state index is 14.0. The second-order valence-electron chi connectivity index (χ2n) is 6.82. The molecule has 0 saturated carbocycles. The molecule has 2 aromatic carbocycles. The minimum absolute atomic E-state index is 0.0238. The highest BCUT2D eigenvalue weighted by molar-refractivity contribution is 6.30. The van der Waals surface area contributed by atoms with Crippen LogP contribution in [0.3, 0.4) is 0 Å². The summed E-state index contributed by atoms with van der Waals surface area (Å²) in [6, 6.07) is 12.2. The number of anilines is 1. The first-order valence-corrected chi connectivity index (χ1v) is 9.53. The standard InChI is InChI=1S/C20H19ClFN3O4/c21-14-6-5-12(9-15(14)22)18-13(11-25(20(26)27)7-8-28-18)10-23-19-24-16-3-1-2-4-17(16)29-19/h1-6,9,13,18H,7-8,10-11H2,(H,23,24)(H,26,27)/t13-,18+/m1/s1. The van der Waals surface area contributed by atoms with Gasteiger partial charge in [0, 0.05) is 25.6 Å². The summed E-state index contributed by atoms with van der Waals surface area (Å²) in [5.74, 6) is -0.845. The molecule has 1 aliphatic heterocycles. The number of para-hydroxylation sites is 2. The Bertz CT molecular complexity index is 995. The molecule has 152 valence electrons. The highest BCUT2D eigenvalue weighted by atomic mass is 35.5. The molecule has 1 saturated heterocycles. The first kappa shape index (κ1) is 19.5. The third-order valence-corrected chi connectivity index (χ3v) is 5.20. The van der Waals surface area contributed by atoms with Crippen LogP contribution in [0.5, 0.6) is 0 Å². The molecule has 0 unspecified atom stereocenters. The molecule has 29 heavy (non-hydrogen) atoms. The molecule has 1 aliphatic rings. The zero-order chi connectivity index (χ0) is 20.4. The van der Waals surface area contributed by atoms with Crippen LogP contribution in [0.2, 0.25) is 5.02 Å². The molecule has 1 fully saturated rings. The molecule has 0 radical (unpaired) electrons. The van der Waals surface area contributed by atoms with Crippen LogP contribution in [0, 0.1) is 11.7 Å². The average molecular weight is 420 g/mol. The maximum Gasteiger partial charge on any atom is 0.407 e. The number of halogens is 2. The highest BCUT2D eigenvalue weighted by Crippen LogP contribution is 2.32. The molecule has 0 bridgehead atoms. The summed E-state index contributed by atoms with van der Waals surface area (Å²) in [5.41, 5.74) is 1.97. The summed E-state index contributed by atoms with van der Waals surface area (Å²) in [5, 5.41) is 12.6. The number of carboxylic acid groups (broad SMARTS) is 1. The van der Waals surface area contributed by atoms with E-state index in [4.69, 9.17) is 20.8 Å². The van der Waals surface area contributed by atoms with Gasteiger partial charge in [0.15, 0.2) is 5.58 Å². The molecule has 3 aromatic rings. The second-order valence-corrected chi connectivity index (χ2v) is 7.23. The predicted molar refractivity (Wildman–Crippen MR) is 106 cm³/mol. The fourth-order valence-corrected chi connectivity index (χ4v) is 3.58. The molecule has 0 aliphatic carbocycles. The summed E-state index contributed by atoms with van der Waals surface area (Å²) >= 11 is 5.80. The molecular weight excluding hydrogens is 401 g/mol. The van der Waals surface area contributed by atoms with E-state index >= 15 is 0 Å². The van der Waals surface area contributed by atoms with Crippen LogP contribution < -0.4 is 5.32 Å². The number of nitrogens with zero attached hydrogens (tertiary/aromatic N) is 2. The fraction of sp³-hybridized carbons (Fsp3) is 0.300. The zero-order valence-corrected chi connectivity index (χ0v) is 16.1. The lowest BCUT2D eigenvalue weighted by molar-refractivity contribution is 0.0339. The predicted octanol–water partition coefficient (Wildman–Crippen LogP) is 4.40. The minimum atomic E-state index is -1.02. The van der Waals surface area contributed by atoms with Crippen LogP contribution in [0.15, 0.2) is 46.9 Å². The Morgan fingerprint density at radius 2 is 2.17 bits per heavy atom. The second kappa shape index (κ2) is 8.26. The van der Waals surface area contributed by atoms with Gasteiger partial charge < -0.3 is 24.5 Å². The van der Waals surface area contributed by atoms with E-state index < -0.39 is 18.0 Å². The van der Waals surface area contributed by atoms with Crippen molar-refractivity contribution in [3.63, 3.8) is 0 Å². The van der Waals surface area contributed by atoms with Gasteiger partial charge in [0.25, 0.3) is 6.01 Å². The summed E-state index contributed by atoms with van der Waals surface area (Å²) in [7, 11) is 0. The van der Waals surface area contributed by atoms with E-state index in [-0.39, 0.29) is 30.6 Å². The molecule has 1 aromatic heterocycles. The summed E-state index contributed by atoms with van der Waals surface area (Å²) < 4.78 is 25.6. The molecule has 2 heterocycles. The van der Waals surface area contributed by atoms with Gasteiger partial charge in [0.1, 0.15) is 11.3 Å². The monoisotopic (exact) mass is 419 g/mol. The molecule has 4 rings (SSSR count). The first-order valence-electron chi connectivity index (χ1n) is 9.15. The van der Waals surface area contributed by atoms with Gasteiger partial charge in [-0.15, -0.1) is 0 Å². The van der Waals surface area contributed by atoms with Crippen molar-refractivity contribution in [2.24, 2.45) is 5.92 Å². The van der Waals surface area contributed by atoms with E-state index in [0.717, 1.165) is 5.52 Å². The number of carbonyl (C=O) groups is 1. The van der Waals surface area contributed by atoms with Gasteiger partial charge in [-0.25, -0.2) is 9.18 Å². The van der Waals surface area contributed by atoms with Crippen molar-refractivity contribution in [3.8, 4) is 0 Å². The Morgan fingerprint density at radius 3 is 2.93 bits per heavy atom. The van der Waals surface area contributed by atoms with Gasteiger partial charge in [-0.1, -0.05) is 29.8 Å². The number of hydrogen-bond donors (Lipinski definition) is 2. The van der Waals surface area contributed by atoms with Crippen molar-refractivity contribution in [1.82, 2.24) is 9.88 Å². The van der Waals surface area contributed by atoms with Crippen LogP contribution in [-0.4, -0.2) is 47.3 Å². The molecule has 0 spiro atoms.